The van der Waals surface area contributed by atoms with Gasteiger partial charge in [0.2, 0.25) is 0 Å². The van der Waals surface area contributed by atoms with E-state index >= 15 is 0 Å². The fourth-order valence-electron chi connectivity index (χ4n) is 2.22. The monoisotopic (exact) mass is 237 g/mol. The van der Waals surface area contributed by atoms with Gasteiger partial charge in [0.15, 0.2) is 0 Å². The van der Waals surface area contributed by atoms with E-state index in [2.05, 4.69) is 10.2 Å². The molecule has 0 atom stereocenters. The van der Waals surface area contributed by atoms with Crippen LogP contribution in [0.3, 0.4) is 0 Å². The summed E-state index contributed by atoms with van der Waals surface area (Å²) in [4.78, 5) is 2.44. The molecule has 0 unspecified atom stereocenters. The van der Waals surface area contributed by atoms with Crippen LogP contribution in [0.2, 0.25) is 0 Å². The molecule has 0 saturated carbocycles. The van der Waals surface area contributed by atoms with Gasteiger partial charge in [-0.15, -0.1) is 0 Å². The zero-order valence-electron chi connectivity index (χ0n) is 10.1. The molecular weight excluding hydrogens is 217 g/mol. The van der Waals surface area contributed by atoms with Crippen molar-refractivity contribution in [1.82, 2.24) is 4.90 Å². The number of para-hydroxylation sites is 1. The number of nitrogens with two attached hydrogens (primary N) is 1. The highest BCUT2D eigenvalue weighted by Crippen LogP contribution is 2.20. The Morgan fingerprint density at radius 1 is 1.24 bits per heavy atom. The van der Waals surface area contributed by atoms with Gasteiger partial charge in [0.1, 0.15) is 5.82 Å². The van der Waals surface area contributed by atoms with Crippen molar-refractivity contribution in [3.63, 3.8) is 0 Å². The summed E-state index contributed by atoms with van der Waals surface area (Å²) in [7, 11) is 0. The number of benzene rings is 1. The lowest BCUT2D eigenvalue weighted by molar-refractivity contribution is 0.237. The van der Waals surface area contributed by atoms with Gasteiger partial charge >= 0.3 is 0 Å². The molecule has 3 N–H and O–H groups in total. The molecule has 1 fully saturated rings. The fourth-order valence-corrected chi connectivity index (χ4v) is 2.22. The van der Waals surface area contributed by atoms with E-state index in [1.807, 2.05) is 6.07 Å². The normalized spacial score (nSPS) is 17.0. The topological polar surface area (TPSA) is 41.3 Å². The summed E-state index contributed by atoms with van der Waals surface area (Å²) < 4.78 is 13.2. The van der Waals surface area contributed by atoms with Crippen molar-refractivity contribution in [2.75, 3.05) is 37.2 Å². The average molecular weight is 237 g/mol. The molecule has 1 aromatic carbocycles. The number of likely N-dealkylation sites (tertiary alicyclic amines) is 1. The number of hydrogen-bond acceptors (Lipinski definition) is 3. The highest BCUT2D eigenvalue weighted by Gasteiger charge is 2.09. The molecule has 94 valence electrons. The third-order valence-electron chi connectivity index (χ3n) is 3.25. The van der Waals surface area contributed by atoms with Gasteiger partial charge in [-0.2, -0.15) is 0 Å². The summed E-state index contributed by atoms with van der Waals surface area (Å²) in [6.07, 6.45) is 3.94. The SMILES string of the molecule is Nc1c(F)cccc1NCCN1CCCCC1. The number of anilines is 2. The van der Waals surface area contributed by atoms with Crippen molar-refractivity contribution in [3.8, 4) is 0 Å². The molecule has 17 heavy (non-hydrogen) atoms. The molecule has 0 aromatic heterocycles. The average Bonchev–Trinajstić information content (AvgIpc) is 2.36. The minimum atomic E-state index is -0.354. The van der Waals surface area contributed by atoms with Crippen LogP contribution in [0.1, 0.15) is 19.3 Å². The molecule has 0 bridgehead atoms. The molecule has 1 aliphatic heterocycles. The summed E-state index contributed by atoms with van der Waals surface area (Å²) in [5.74, 6) is -0.354. The molecule has 0 aliphatic carbocycles. The Labute approximate surface area is 102 Å². The van der Waals surface area contributed by atoms with Crippen LogP contribution in [0.4, 0.5) is 15.8 Å². The van der Waals surface area contributed by atoms with Gasteiger partial charge in [-0.3, -0.25) is 0 Å². The van der Waals surface area contributed by atoms with E-state index in [9.17, 15) is 4.39 Å². The van der Waals surface area contributed by atoms with Crippen molar-refractivity contribution in [2.45, 2.75) is 19.3 Å². The number of nitrogens with one attached hydrogen (secondary N) is 1. The van der Waals surface area contributed by atoms with Crippen LogP contribution >= 0.6 is 0 Å². The van der Waals surface area contributed by atoms with E-state index in [-0.39, 0.29) is 11.5 Å². The molecule has 3 nitrogen and oxygen atoms in total. The smallest absolute Gasteiger partial charge is 0.148 e. The number of nitrogens with zero attached hydrogens (tertiary/aromatic N) is 1. The van der Waals surface area contributed by atoms with E-state index in [1.54, 1.807) is 6.07 Å². The Kier molecular flexibility index (Phi) is 4.20. The van der Waals surface area contributed by atoms with E-state index in [0.717, 1.165) is 13.1 Å². The molecule has 0 radical (unpaired) electrons. The van der Waals surface area contributed by atoms with Crippen LogP contribution in [-0.2, 0) is 0 Å². The van der Waals surface area contributed by atoms with Gasteiger partial charge in [-0.05, 0) is 38.1 Å². The van der Waals surface area contributed by atoms with Crippen LogP contribution < -0.4 is 11.1 Å². The lowest BCUT2D eigenvalue weighted by Crippen LogP contribution is -2.33. The maximum Gasteiger partial charge on any atom is 0.148 e. The van der Waals surface area contributed by atoms with Crippen molar-refractivity contribution in [2.24, 2.45) is 0 Å². The third-order valence-corrected chi connectivity index (χ3v) is 3.25. The molecule has 0 amide bonds. The lowest BCUT2D eigenvalue weighted by atomic mass is 10.1. The van der Waals surface area contributed by atoms with Crippen molar-refractivity contribution >= 4 is 11.4 Å². The summed E-state index contributed by atoms with van der Waals surface area (Å²) in [5.41, 5.74) is 6.56. The first-order chi connectivity index (χ1) is 8.27. The second-order valence-electron chi connectivity index (χ2n) is 4.53. The highest BCUT2D eigenvalue weighted by molar-refractivity contribution is 5.66. The Balaban J connectivity index is 1.79. The fraction of sp³-hybridized carbons (Fsp3) is 0.538. The largest absolute Gasteiger partial charge is 0.395 e. The number of nitrogen functional groups attached to an aromatic ring is 1. The van der Waals surface area contributed by atoms with Gasteiger partial charge in [-0.25, -0.2) is 4.39 Å². The van der Waals surface area contributed by atoms with E-state index in [1.165, 1.54) is 38.4 Å². The van der Waals surface area contributed by atoms with Gasteiger partial charge < -0.3 is 16.0 Å². The first-order valence-corrected chi connectivity index (χ1v) is 6.27. The summed E-state index contributed by atoms with van der Waals surface area (Å²) in [6.45, 7) is 4.17. The first-order valence-electron chi connectivity index (χ1n) is 6.27. The Morgan fingerprint density at radius 2 is 2.00 bits per heavy atom. The van der Waals surface area contributed by atoms with Gasteiger partial charge in [0, 0.05) is 13.1 Å². The van der Waals surface area contributed by atoms with Crippen LogP contribution in [0, 0.1) is 5.82 Å². The second-order valence-corrected chi connectivity index (χ2v) is 4.53. The van der Waals surface area contributed by atoms with Crippen LogP contribution in [0.15, 0.2) is 18.2 Å². The predicted octanol–water partition coefficient (Wildman–Crippen LogP) is 2.31. The molecule has 2 rings (SSSR count). The van der Waals surface area contributed by atoms with Crippen molar-refractivity contribution < 1.29 is 4.39 Å². The lowest BCUT2D eigenvalue weighted by Gasteiger charge is -2.26. The highest BCUT2D eigenvalue weighted by atomic mass is 19.1. The van der Waals surface area contributed by atoms with Gasteiger partial charge in [0.05, 0.1) is 11.4 Å². The second kappa shape index (κ2) is 5.87. The van der Waals surface area contributed by atoms with Crippen LogP contribution in [-0.4, -0.2) is 31.1 Å². The number of piperidine rings is 1. The zero-order valence-corrected chi connectivity index (χ0v) is 10.1. The molecule has 1 saturated heterocycles. The summed E-state index contributed by atoms with van der Waals surface area (Å²) in [5, 5.41) is 3.19. The van der Waals surface area contributed by atoms with E-state index < -0.39 is 0 Å². The van der Waals surface area contributed by atoms with E-state index in [4.69, 9.17) is 5.73 Å². The third kappa shape index (κ3) is 3.33. The molecular formula is C13H20FN3. The zero-order chi connectivity index (χ0) is 12.1. The minimum absolute atomic E-state index is 0.214. The van der Waals surface area contributed by atoms with E-state index in [0.29, 0.717) is 5.69 Å². The molecule has 1 aliphatic rings. The molecule has 4 heteroatoms. The quantitative estimate of drug-likeness (QED) is 0.790. The predicted molar refractivity (Wildman–Crippen MR) is 69.6 cm³/mol. The molecule has 1 heterocycles. The van der Waals surface area contributed by atoms with Crippen LogP contribution in [0.5, 0.6) is 0 Å². The summed E-state index contributed by atoms with van der Waals surface area (Å²) >= 11 is 0. The number of rotatable bonds is 4. The number of hydrogen-bond donors (Lipinski definition) is 2. The molecule has 1 aromatic rings. The standard InChI is InChI=1S/C13H20FN3/c14-11-5-4-6-12(13(11)15)16-7-10-17-8-2-1-3-9-17/h4-6,16H,1-3,7-10,15H2. The maximum atomic E-state index is 13.2. The Hall–Kier alpha value is -1.29. The minimum Gasteiger partial charge on any atom is -0.395 e. The Morgan fingerprint density at radius 3 is 2.76 bits per heavy atom. The molecule has 0 spiro atoms. The van der Waals surface area contributed by atoms with Crippen LogP contribution in [0.25, 0.3) is 0 Å². The first kappa shape index (κ1) is 12.2. The van der Waals surface area contributed by atoms with Crippen molar-refractivity contribution in [1.29, 1.82) is 0 Å². The maximum absolute atomic E-state index is 13.2. The Bertz CT molecular complexity index is 362. The van der Waals surface area contributed by atoms with Crippen molar-refractivity contribution in [3.05, 3.63) is 24.0 Å². The summed E-state index contributed by atoms with van der Waals surface area (Å²) in [6, 6.07) is 4.87. The number of halogens is 1. The van der Waals surface area contributed by atoms with Gasteiger partial charge in [-0.1, -0.05) is 12.5 Å². The van der Waals surface area contributed by atoms with Gasteiger partial charge in [0.25, 0.3) is 0 Å².